The van der Waals surface area contributed by atoms with Gasteiger partial charge in [-0.1, -0.05) is 6.07 Å². The maximum absolute atomic E-state index is 11.9. The van der Waals surface area contributed by atoms with E-state index < -0.39 is 0 Å². The highest BCUT2D eigenvalue weighted by Crippen LogP contribution is 2.35. The lowest BCUT2D eigenvalue weighted by molar-refractivity contribution is 0.0839. The van der Waals surface area contributed by atoms with E-state index in [0.717, 1.165) is 62.4 Å². The molecule has 0 aliphatic carbocycles. The molecule has 1 fully saturated rings. The monoisotopic (exact) mass is 418 g/mol. The van der Waals surface area contributed by atoms with E-state index in [-0.39, 0.29) is 11.3 Å². The van der Waals surface area contributed by atoms with E-state index in [1.54, 1.807) is 25.4 Å². The standard InChI is InChI=1S/C24H26N4O3/c1-27-10-6-17(15-23(27)30)16-4-5-20(22(29)14-16)21-13-18-3-2-9-28(24(18)26-25-21)19-7-11-31-12-8-19/h4-6,10,13-15,19,29H,2-3,7-9,11-12H2,1H3. The summed E-state index contributed by atoms with van der Waals surface area (Å²) < 4.78 is 7.03. The summed E-state index contributed by atoms with van der Waals surface area (Å²) in [5.41, 5.74) is 3.96. The first-order chi connectivity index (χ1) is 15.1. The van der Waals surface area contributed by atoms with Gasteiger partial charge in [0.15, 0.2) is 5.82 Å². The first-order valence-electron chi connectivity index (χ1n) is 10.8. The van der Waals surface area contributed by atoms with Crippen molar-refractivity contribution in [1.29, 1.82) is 0 Å². The SMILES string of the molecule is Cn1ccc(-c2ccc(-c3cc4c(nn3)N(C3CCOCC3)CCC4)c(O)c2)cc1=O. The van der Waals surface area contributed by atoms with Crippen LogP contribution in [0.5, 0.6) is 5.75 Å². The lowest BCUT2D eigenvalue weighted by atomic mass is 9.98. The summed E-state index contributed by atoms with van der Waals surface area (Å²) in [7, 11) is 1.71. The van der Waals surface area contributed by atoms with Crippen molar-refractivity contribution in [2.75, 3.05) is 24.7 Å². The van der Waals surface area contributed by atoms with E-state index in [0.29, 0.717) is 17.3 Å². The van der Waals surface area contributed by atoms with Gasteiger partial charge in [0.1, 0.15) is 5.75 Å². The average Bonchev–Trinajstić information content (AvgIpc) is 2.80. The minimum atomic E-state index is -0.0873. The molecule has 5 rings (SSSR count). The van der Waals surface area contributed by atoms with Crippen LogP contribution in [0.1, 0.15) is 24.8 Å². The molecule has 0 spiro atoms. The van der Waals surface area contributed by atoms with E-state index in [9.17, 15) is 9.90 Å². The molecule has 4 heterocycles. The van der Waals surface area contributed by atoms with Gasteiger partial charge in [0.2, 0.25) is 0 Å². The van der Waals surface area contributed by atoms with Gasteiger partial charge in [0.05, 0.1) is 5.69 Å². The summed E-state index contributed by atoms with van der Waals surface area (Å²) in [5, 5.41) is 19.7. The van der Waals surface area contributed by atoms with Crippen LogP contribution in [-0.4, -0.2) is 45.7 Å². The largest absolute Gasteiger partial charge is 0.507 e. The zero-order valence-corrected chi connectivity index (χ0v) is 17.6. The Morgan fingerprint density at radius 2 is 1.87 bits per heavy atom. The van der Waals surface area contributed by atoms with Gasteiger partial charge in [0, 0.05) is 50.7 Å². The van der Waals surface area contributed by atoms with Gasteiger partial charge in [-0.25, -0.2) is 0 Å². The fourth-order valence-electron chi connectivity index (χ4n) is 4.54. The third kappa shape index (κ3) is 3.81. The van der Waals surface area contributed by atoms with Crippen LogP contribution in [0.2, 0.25) is 0 Å². The molecule has 3 aromatic rings. The minimum Gasteiger partial charge on any atom is -0.507 e. The summed E-state index contributed by atoms with van der Waals surface area (Å²) in [6.45, 7) is 2.60. The van der Waals surface area contributed by atoms with Gasteiger partial charge >= 0.3 is 0 Å². The molecular formula is C24H26N4O3. The Morgan fingerprint density at radius 1 is 1.06 bits per heavy atom. The third-order valence-electron chi connectivity index (χ3n) is 6.31. The van der Waals surface area contributed by atoms with E-state index in [2.05, 4.69) is 21.2 Å². The zero-order chi connectivity index (χ0) is 21.4. The van der Waals surface area contributed by atoms with Crippen LogP contribution in [0.3, 0.4) is 0 Å². The molecule has 7 nitrogen and oxygen atoms in total. The van der Waals surface area contributed by atoms with Gasteiger partial charge < -0.3 is 19.3 Å². The van der Waals surface area contributed by atoms with Gasteiger partial charge in [-0.3, -0.25) is 4.79 Å². The predicted octanol–water partition coefficient (Wildman–Crippen LogP) is 3.15. The molecule has 0 atom stereocenters. The first-order valence-corrected chi connectivity index (χ1v) is 10.8. The molecule has 2 aliphatic heterocycles. The number of aryl methyl sites for hydroxylation is 2. The molecule has 0 unspecified atom stereocenters. The molecule has 1 N–H and O–H groups in total. The molecular weight excluding hydrogens is 392 g/mol. The Bertz CT molecular complexity index is 1170. The molecule has 7 heteroatoms. The number of fused-ring (bicyclic) bond motifs is 1. The van der Waals surface area contributed by atoms with E-state index in [1.807, 2.05) is 18.2 Å². The number of rotatable bonds is 3. The fraction of sp³-hybridized carbons (Fsp3) is 0.375. The van der Waals surface area contributed by atoms with Crippen LogP contribution in [0.25, 0.3) is 22.4 Å². The van der Waals surface area contributed by atoms with Crippen LogP contribution in [0.4, 0.5) is 5.82 Å². The Labute approximate surface area is 180 Å². The van der Waals surface area contributed by atoms with E-state index >= 15 is 0 Å². The zero-order valence-electron chi connectivity index (χ0n) is 17.6. The Kier molecular flexibility index (Phi) is 5.19. The predicted molar refractivity (Wildman–Crippen MR) is 119 cm³/mol. The minimum absolute atomic E-state index is 0.0873. The molecule has 2 aliphatic rings. The van der Waals surface area contributed by atoms with Crippen molar-refractivity contribution in [1.82, 2.24) is 14.8 Å². The highest BCUT2D eigenvalue weighted by Gasteiger charge is 2.28. The average molecular weight is 418 g/mol. The van der Waals surface area contributed by atoms with Crippen molar-refractivity contribution < 1.29 is 9.84 Å². The number of nitrogens with zero attached hydrogens (tertiary/aromatic N) is 4. The van der Waals surface area contributed by atoms with Gasteiger partial charge in [-0.05, 0) is 66.6 Å². The quantitative estimate of drug-likeness (QED) is 0.704. The second kappa shape index (κ2) is 8.15. The van der Waals surface area contributed by atoms with Crippen LogP contribution < -0.4 is 10.5 Å². The first kappa shape index (κ1) is 19.8. The Balaban J connectivity index is 1.45. The van der Waals surface area contributed by atoms with Crippen LogP contribution >= 0.6 is 0 Å². The number of benzene rings is 1. The Morgan fingerprint density at radius 3 is 2.65 bits per heavy atom. The van der Waals surface area contributed by atoms with Crippen LogP contribution in [0, 0.1) is 0 Å². The highest BCUT2D eigenvalue weighted by molar-refractivity contribution is 5.75. The second-order valence-electron chi connectivity index (χ2n) is 8.32. The Hall–Kier alpha value is -3.19. The van der Waals surface area contributed by atoms with Gasteiger partial charge in [-0.2, -0.15) is 0 Å². The molecule has 160 valence electrons. The number of ether oxygens (including phenoxy) is 1. The summed E-state index contributed by atoms with van der Waals surface area (Å²) in [5.74, 6) is 1.10. The van der Waals surface area contributed by atoms with Gasteiger partial charge in [0.25, 0.3) is 5.56 Å². The third-order valence-corrected chi connectivity index (χ3v) is 6.31. The summed E-state index contributed by atoms with van der Waals surface area (Å²) >= 11 is 0. The lowest BCUT2D eigenvalue weighted by Crippen LogP contribution is -2.43. The molecule has 2 aromatic heterocycles. The molecule has 0 radical (unpaired) electrons. The van der Waals surface area contributed by atoms with Crippen molar-refractivity contribution in [3.63, 3.8) is 0 Å². The van der Waals surface area contributed by atoms with Crippen LogP contribution in [-0.2, 0) is 18.2 Å². The highest BCUT2D eigenvalue weighted by atomic mass is 16.5. The van der Waals surface area contributed by atoms with Crippen molar-refractivity contribution in [3.8, 4) is 28.1 Å². The molecule has 0 amide bonds. The van der Waals surface area contributed by atoms with Crippen molar-refractivity contribution in [3.05, 3.63) is 58.5 Å². The van der Waals surface area contributed by atoms with Gasteiger partial charge in [-0.15, -0.1) is 10.2 Å². The number of hydrogen-bond acceptors (Lipinski definition) is 6. The summed E-state index contributed by atoms with van der Waals surface area (Å²) in [6, 6.07) is 11.4. The maximum Gasteiger partial charge on any atom is 0.250 e. The molecule has 0 bridgehead atoms. The summed E-state index contributed by atoms with van der Waals surface area (Å²) in [6.07, 6.45) is 5.82. The normalized spacial score (nSPS) is 16.9. The molecule has 31 heavy (non-hydrogen) atoms. The summed E-state index contributed by atoms with van der Waals surface area (Å²) in [4.78, 5) is 14.3. The lowest BCUT2D eigenvalue weighted by Gasteiger charge is -2.38. The molecule has 1 saturated heterocycles. The topological polar surface area (TPSA) is 80.5 Å². The number of anilines is 1. The van der Waals surface area contributed by atoms with Crippen molar-refractivity contribution >= 4 is 5.82 Å². The molecule has 1 aromatic carbocycles. The van der Waals surface area contributed by atoms with Crippen molar-refractivity contribution in [2.24, 2.45) is 7.05 Å². The number of aromatic hydroxyl groups is 1. The number of phenols is 1. The number of hydrogen-bond donors (Lipinski definition) is 1. The maximum atomic E-state index is 11.9. The number of aromatic nitrogens is 3. The fourth-order valence-corrected chi connectivity index (χ4v) is 4.54. The van der Waals surface area contributed by atoms with E-state index in [1.165, 1.54) is 10.1 Å². The number of pyridine rings is 1. The smallest absolute Gasteiger partial charge is 0.250 e. The van der Waals surface area contributed by atoms with E-state index in [4.69, 9.17) is 4.74 Å². The molecule has 0 saturated carbocycles. The van der Waals surface area contributed by atoms with Crippen LogP contribution in [0.15, 0.2) is 47.4 Å². The second-order valence-corrected chi connectivity index (χ2v) is 8.32. The number of phenolic OH excluding ortho intramolecular Hbond substituents is 1. The van der Waals surface area contributed by atoms with Crippen molar-refractivity contribution in [2.45, 2.75) is 31.7 Å².